The standard InChI is InChI=1S/C16H25NO2S/c1-3-8-17-14(12-20-4-2)13-6-7-15-16(11-13)19-10-5-9-18-15/h6-7,11,14,17H,3-5,8-10,12H2,1-2H3. The average molecular weight is 295 g/mol. The van der Waals surface area contributed by atoms with Gasteiger partial charge in [-0.25, -0.2) is 0 Å². The van der Waals surface area contributed by atoms with Crippen molar-refractivity contribution in [2.75, 3.05) is 31.3 Å². The predicted molar refractivity (Wildman–Crippen MR) is 86.1 cm³/mol. The molecule has 0 bridgehead atoms. The summed E-state index contributed by atoms with van der Waals surface area (Å²) in [7, 11) is 0. The molecule has 4 heteroatoms. The van der Waals surface area contributed by atoms with Crippen molar-refractivity contribution in [3.05, 3.63) is 23.8 Å². The second kappa shape index (κ2) is 8.42. The van der Waals surface area contributed by atoms with Gasteiger partial charge in [0.15, 0.2) is 11.5 Å². The third-order valence-corrected chi connectivity index (χ3v) is 4.28. The molecule has 0 amide bonds. The lowest BCUT2D eigenvalue weighted by atomic mass is 10.1. The number of nitrogens with one attached hydrogen (secondary N) is 1. The molecule has 20 heavy (non-hydrogen) atoms. The molecule has 1 heterocycles. The minimum Gasteiger partial charge on any atom is -0.490 e. The number of thioether (sulfide) groups is 1. The first kappa shape index (κ1) is 15.5. The van der Waals surface area contributed by atoms with Gasteiger partial charge in [0.2, 0.25) is 0 Å². The summed E-state index contributed by atoms with van der Waals surface area (Å²) >= 11 is 1.97. The summed E-state index contributed by atoms with van der Waals surface area (Å²) in [5.74, 6) is 4.01. The van der Waals surface area contributed by atoms with E-state index in [9.17, 15) is 0 Å². The number of hydrogen-bond acceptors (Lipinski definition) is 4. The summed E-state index contributed by atoms with van der Waals surface area (Å²) < 4.78 is 11.5. The molecular formula is C16H25NO2S. The Balaban J connectivity index is 2.12. The van der Waals surface area contributed by atoms with E-state index in [2.05, 4.69) is 31.3 Å². The van der Waals surface area contributed by atoms with Crippen molar-refractivity contribution in [1.29, 1.82) is 0 Å². The van der Waals surface area contributed by atoms with Gasteiger partial charge in [-0.1, -0.05) is 19.9 Å². The van der Waals surface area contributed by atoms with Crippen molar-refractivity contribution in [3.8, 4) is 11.5 Å². The van der Waals surface area contributed by atoms with Crippen LogP contribution in [0.25, 0.3) is 0 Å². The molecule has 0 spiro atoms. The summed E-state index contributed by atoms with van der Waals surface area (Å²) in [4.78, 5) is 0. The molecule has 0 radical (unpaired) electrons. The highest BCUT2D eigenvalue weighted by atomic mass is 32.2. The van der Waals surface area contributed by atoms with Crippen LogP contribution in [0.1, 0.15) is 38.3 Å². The fraction of sp³-hybridized carbons (Fsp3) is 0.625. The Bertz CT molecular complexity index is 403. The fourth-order valence-electron chi connectivity index (χ4n) is 2.22. The smallest absolute Gasteiger partial charge is 0.161 e. The van der Waals surface area contributed by atoms with Gasteiger partial charge in [0.25, 0.3) is 0 Å². The fourth-order valence-corrected chi connectivity index (χ4v) is 3.01. The van der Waals surface area contributed by atoms with E-state index in [4.69, 9.17) is 9.47 Å². The molecule has 0 aliphatic carbocycles. The van der Waals surface area contributed by atoms with E-state index in [1.165, 1.54) is 5.56 Å². The molecule has 1 aromatic rings. The Labute approximate surface area is 126 Å². The zero-order valence-corrected chi connectivity index (χ0v) is 13.3. The van der Waals surface area contributed by atoms with Crippen LogP contribution in [0.15, 0.2) is 18.2 Å². The van der Waals surface area contributed by atoms with Crippen LogP contribution < -0.4 is 14.8 Å². The molecular weight excluding hydrogens is 270 g/mol. The van der Waals surface area contributed by atoms with Crippen LogP contribution >= 0.6 is 11.8 Å². The molecule has 1 atom stereocenters. The molecule has 2 rings (SSSR count). The summed E-state index contributed by atoms with van der Waals surface area (Å²) in [5.41, 5.74) is 1.30. The minimum absolute atomic E-state index is 0.386. The summed E-state index contributed by atoms with van der Waals surface area (Å²) in [6.07, 6.45) is 2.10. The van der Waals surface area contributed by atoms with E-state index < -0.39 is 0 Å². The largest absolute Gasteiger partial charge is 0.490 e. The Morgan fingerprint density at radius 2 is 2.00 bits per heavy atom. The van der Waals surface area contributed by atoms with Crippen molar-refractivity contribution < 1.29 is 9.47 Å². The van der Waals surface area contributed by atoms with Crippen molar-refractivity contribution in [2.45, 2.75) is 32.7 Å². The van der Waals surface area contributed by atoms with Gasteiger partial charge >= 0.3 is 0 Å². The van der Waals surface area contributed by atoms with Crippen molar-refractivity contribution in [3.63, 3.8) is 0 Å². The molecule has 3 nitrogen and oxygen atoms in total. The van der Waals surface area contributed by atoms with E-state index in [1.807, 2.05) is 17.8 Å². The van der Waals surface area contributed by atoms with Gasteiger partial charge in [0.1, 0.15) is 0 Å². The highest BCUT2D eigenvalue weighted by Gasteiger charge is 2.15. The molecule has 1 N–H and O–H groups in total. The second-order valence-corrected chi connectivity index (χ2v) is 6.24. The van der Waals surface area contributed by atoms with E-state index >= 15 is 0 Å². The monoisotopic (exact) mass is 295 g/mol. The number of rotatable bonds is 7. The highest BCUT2D eigenvalue weighted by Crippen LogP contribution is 2.33. The molecule has 0 fully saturated rings. The van der Waals surface area contributed by atoms with Crippen LogP contribution in [0.3, 0.4) is 0 Å². The molecule has 1 aromatic carbocycles. The van der Waals surface area contributed by atoms with Crippen LogP contribution in [0, 0.1) is 0 Å². The van der Waals surface area contributed by atoms with E-state index in [0.29, 0.717) is 6.04 Å². The zero-order valence-electron chi connectivity index (χ0n) is 12.5. The molecule has 1 aliphatic rings. The molecule has 1 aliphatic heterocycles. The van der Waals surface area contributed by atoms with Gasteiger partial charge in [-0.2, -0.15) is 11.8 Å². The molecule has 0 aromatic heterocycles. The normalized spacial score (nSPS) is 15.7. The van der Waals surface area contributed by atoms with Crippen molar-refractivity contribution in [2.24, 2.45) is 0 Å². The van der Waals surface area contributed by atoms with Crippen molar-refractivity contribution >= 4 is 11.8 Å². The van der Waals surface area contributed by atoms with Gasteiger partial charge < -0.3 is 14.8 Å². The first-order valence-electron chi connectivity index (χ1n) is 7.55. The molecule has 1 unspecified atom stereocenters. The lowest BCUT2D eigenvalue weighted by Gasteiger charge is -2.20. The van der Waals surface area contributed by atoms with Crippen LogP contribution in [-0.2, 0) is 0 Å². The van der Waals surface area contributed by atoms with Crippen LogP contribution in [0.2, 0.25) is 0 Å². The lowest BCUT2D eigenvalue weighted by molar-refractivity contribution is 0.297. The number of fused-ring (bicyclic) bond motifs is 1. The second-order valence-electron chi connectivity index (χ2n) is 4.92. The maximum atomic E-state index is 5.79. The lowest BCUT2D eigenvalue weighted by Crippen LogP contribution is -2.24. The summed E-state index contributed by atoms with van der Waals surface area (Å²) in [5, 5.41) is 3.63. The Morgan fingerprint density at radius 1 is 1.20 bits per heavy atom. The summed E-state index contributed by atoms with van der Waals surface area (Å²) in [6, 6.07) is 6.74. The maximum absolute atomic E-state index is 5.79. The topological polar surface area (TPSA) is 30.5 Å². The van der Waals surface area contributed by atoms with E-state index in [1.54, 1.807) is 0 Å². The summed E-state index contributed by atoms with van der Waals surface area (Å²) in [6.45, 7) is 6.94. The predicted octanol–water partition coefficient (Wildman–Crippen LogP) is 3.64. The van der Waals surface area contributed by atoms with E-state index in [-0.39, 0.29) is 0 Å². The Morgan fingerprint density at radius 3 is 2.75 bits per heavy atom. The molecule has 0 saturated carbocycles. The van der Waals surface area contributed by atoms with Gasteiger partial charge in [-0.05, 0) is 36.4 Å². The zero-order chi connectivity index (χ0) is 14.2. The van der Waals surface area contributed by atoms with Crippen molar-refractivity contribution in [1.82, 2.24) is 5.32 Å². The third-order valence-electron chi connectivity index (χ3n) is 3.30. The quantitative estimate of drug-likeness (QED) is 0.832. The third kappa shape index (κ3) is 4.32. The first-order chi connectivity index (χ1) is 9.85. The van der Waals surface area contributed by atoms with E-state index in [0.717, 1.165) is 55.6 Å². The number of benzene rings is 1. The Kier molecular flexibility index (Phi) is 6.54. The van der Waals surface area contributed by atoms with Gasteiger partial charge in [-0.15, -0.1) is 0 Å². The van der Waals surface area contributed by atoms with Gasteiger partial charge in [0.05, 0.1) is 13.2 Å². The number of ether oxygens (including phenoxy) is 2. The highest BCUT2D eigenvalue weighted by molar-refractivity contribution is 7.99. The maximum Gasteiger partial charge on any atom is 0.161 e. The SMILES string of the molecule is CCCNC(CSCC)c1ccc2c(c1)OCCCO2. The minimum atomic E-state index is 0.386. The molecule has 112 valence electrons. The van der Waals surface area contributed by atoms with Crippen LogP contribution in [0.5, 0.6) is 11.5 Å². The average Bonchev–Trinajstić information content (AvgIpc) is 2.72. The van der Waals surface area contributed by atoms with Gasteiger partial charge in [0, 0.05) is 18.2 Å². The number of hydrogen-bond donors (Lipinski definition) is 1. The van der Waals surface area contributed by atoms with Crippen LogP contribution in [0.4, 0.5) is 0 Å². The molecule has 0 saturated heterocycles. The first-order valence-corrected chi connectivity index (χ1v) is 8.71. The van der Waals surface area contributed by atoms with Crippen LogP contribution in [-0.4, -0.2) is 31.3 Å². The Hall–Kier alpha value is -0.870. The van der Waals surface area contributed by atoms with Gasteiger partial charge in [-0.3, -0.25) is 0 Å².